The Bertz CT molecular complexity index is 644. The Labute approximate surface area is 130 Å². The number of rotatable bonds is 3. The van der Waals surface area contributed by atoms with E-state index in [0.717, 1.165) is 25.0 Å². The van der Waals surface area contributed by atoms with E-state index in [1.54, 1.807) is 0 Å². The summed E-state index contributed by atoms with van der Waals surface area (Å²) in [6.45, 7) is 0. The molecule has 2 aliphatic carbocycles. The Morgan fingerprint density at radius 3 is 2.39 bits per heavy atom. The minimum absolute atomic E-state index is 0.00485. The second-order valence-electron chi connectivity index (χ2n) is 6.29. The molecular formula is C16H16F3NO3. The molecule has 2 fully saturated rings. The molecule has 2 aliphatic rings. The predicted molar refractivity (Wildman–Crippen MR) is 75.5 cm³/mol. The summed E-state index contributed by atoms with van der Waals surface area (Å²) in [7, 11) is 0. The Morgan fingerprint density at radius 2 is 1.78 bits per heavy atom. The third kappa shape index (κ3) is 2.92. The maximum Gasteiger partial charge on any atom is 0.416 e. The standard InChI is InChI=1S/C16H16F3NO3/c17-16(18,19)10-2-1-3-11(7-10)20-14(21)12-8-4-5-9(6-8)13(12)15(22)23/h1-3,7-9,12-13H,4-6H2,(H,20,21)(H,22,23)/t8-,9+,12+,13+/m1/s1. The zero-order valence-corrected chi connectivity index (χ0v) is 12.1. The van der Waals surface area contributed by atoms with Crippen molar-refractivity contribution in [3.8, 4) is 0 Å². The first-order valence-corrected chi connectivity index (χ1v) is 7.48. The van der Waals surface area contributed by atoms with E-state index in [-0.39, 0.29) is 17.5 Å². The van der Waals surface area contributed by atoms with Crippen LogP contribution in [0, 0.1) is 23.7 Å². The third-order valence-corrected chi connectivity index (χ3v) is 4.96. The van der Waals surface area contributed by atoms with E-state index in [0.29, 0.717) is 6.42 Å². The number of aliphatic carboxylic acids is 1. The molecule has 124 valence electrons. The fourth-order valence-corrected chi connectivity index (χ4v) is 4.02. The maximum absolute atomic E-state index is 12.7. The molecule has 7 heteroatoms. The highest BCUT2D eigenvalue weighted by atomic mass is 19.4. The van der Waals surface area contributed by atoms with Crippen molar-refractivity contribution in [3.63, 3.8) is 0 Å². The molecule has 0 heterocycles. The van der Waals surface area contributed by atoms with Crippen molar-refractivity contribution in [1.82, 2.24) is 0 Å². The van der Waals surface area contributed by atoms with Gasteiger partial charge in [-0.2, -0.15) is 13.2 Å². The quantitative estimate of drug-likeness (QED) is 0.894. The first-order chi connectivity index (χ1) is 10.8. The number of fused-ring (bicyclic) bond motifs is 2. The Hall–Kier alpha value is -2.05. The number of hydrogen-bond donors (Lipinski definition) is 2. The van der Waals surface area contributed by atoms with Gasteiger partial charge in [0, 0.05) is 5.69 Å². The van der Waals surface area contributed by atoms with E-state index in [1.165, 1.54) is 12.1 Å². The summed E-state index contributed by atoms with van der Waals surface area (Å²) < 4.78 is 38.1. The first kappa shape index (κ1) is 15.8. The molecule has 1 amide bonds. The van der Waals surface area contributed by atoms with Gasteiger partial charge in [-0.05, 0) is 49.3 Å². The molecule has 2 bridgehead atoms. The van der Waals surface area contributed by atoms with E-state index in [2.05, 4.69) is 5.32 Å². The van der Waals surface area contributed by atoms with E-state index in [4.69, 9.17) is 0 Å². The number of benzene rings is 1. The van der Waals surface area contributed by atoms with Crippen molar-refractivity contribution in [1.29, 1.82) is 0 Å². The minimum Gasteiger partial charge on any atom is -0.481 e. The number of amides is 1. The third-order valence-electron chi connectivity index (χ3n) is 4.96. The molecule has 0 aromatic heterocycles. The van der Waals surface area contributed by atoms with E-state index in [1.807, 2.05) is 0 Å². The van der Waals surface area contributed by atoms with Crippen LogP contribution in [0.25, 0.3) is 0 Å². The van der Waals surface area contributed by atoms with Crippen LogP contribution in [-0.2, 0) is 15.8 Å². The highest BCUT2D eigenvalue weighted by Gasteiger charge is 2.54. The van der Waals surface area contributed by atoms with E-state index in [9.17, 15) is 27.9 Å². The summed E-state index contributed by atoms with van der Waals surface area (Å²) in [6, 6.07) is 4.37. The summed E-state index contributed by atoms with van der Waals surface area (Å²) in [6.07, 6.45) is -2.18. The van der Waals surface area contributed by atoms with Gasteiger partial charge in [-0.1, -0.05) is 6.07 Å². The van der Waals surface area contributed by atoms with Gasteiger partial charge < -0.3 is 10.4 Å². The lowest BCUT2D eigenvalue weighted by molar-refractivity contribution is -0.148. The van der Waals surface area contributed by atoms with Crippen molar-refractivity contribution in [3.05, 3.63) is 29.8 Å². The van der Waals surface area contributed by atoms with Gasteiger partial charge in [-0.15, -0.1) is 0 Å². The number of carbonyl (C=O) groups excluding carboxylic acids is 1. The van der Waals surface area contributed by atoms with Gasteiger partial charge in [0.15, 0.2) is 0 Å². The average Bonchev–Trinajstić information content (AvgIpc) is 3.07. The Kier molecular flexibility index (Phi) is 3.82. The van der Waals surface area contributed by atoms with Crippen LogP contribution in [0.1, 0.15) is 24.8 Å². The molecule has 2 N–H and O–H groups in total. The number of carboxylic acid groups (broad SMARTS) is 1. The summed E-state index contributed by atoms with van der Waals surface area (Å²) in [4.78, 5) is 23.8. The van der Waals surface area contributed by atoms with Crippen molar-refractivity contribution in [2.24, 2.45) is 23.7 Å². The molecule has 23 heavy (non-hydrogen) atoms. The Balaban J connectivity index is 1.78. The van der Waals surface area contributed by atoms with Crippen LogP contribution in [-0.4, -0.2) is 17.0 Å². The molecule has 3 rings (SSSR count). The second kappa shape index (κ2) is 5.54. The SMILES string of the molecule is O=C(O)[C@H]1[C@H]2CC[C@H](C2)[C@@H]1C(=O)Nc1cccc(C(F)(F)F)c1. The van der Waals surface area contributed by atoms with Crippen LogP contribution in [0.3, 0.4) is 0 Å². The van der Waals surface area contributed by atoms with Crippen molar-refractivity contribution in [2.45, 2.75) is 25.4 Å². The second-order valence-corrected chi connectivity index (χ2v) is 6.29. The summed E-state index contributed by atoms with van der Waals surface area (Å²) in [5, 5.41) is 11.8. The summed E-state index contributed by atoms with van der Waals surface area (Å²) in [5.41, 5.74) is -0.810. The van der Waals surface area contributed by atoms with Crippen molar-refractivity contribution >= 4 is 17.6 Å². The van der Waals surface area contributed by atoms with Gasteiger partial charge in [0.1, 0.15) is 0 Å². The lowest BCUT2D eigenvalue weighted by Gasteiger charge is -2.27. The lowest BCUT2D eigenvalue weighted by Crippen LogP contribution is -2.37. The smallest absolute Gasteiger partial charge is 0.416 e. The zero-order chi connectivity index (χ0) is 16.8. The van der Waals surface area contributed by atoms with Gasteiger partial charge in [0.2, 0.25) is 5.91 Å². The van der Waals surface area contributed by atoms with Gasteiger partial charge >= 0.3 is 12.1 Å². The van der Waals surface area contributed by atoms with Crippen LogP contribution in [0.2, 0.25) is 0 Å². The fraction of sp³-hybridized carbons (Fsp3) is 0.500. The molecule has 1 aromatic rings. The topological polar surface area (TPSA) is 66.4 Å². The maximum atomic E-state index is 12.7. The largest absolute Gasteiger partial charge is 0.481 e. The van der Waals surface area contributed by atoms with Gasteiger partial charge in [0.05, 0.1) is 17.4 Å². The average molecular weight is 327 g/mol. The number of nitrogens with one attached hydrogen (secondary N) is 1. The molecule has 4 atom stereocenters. The number of carbonyl (C=O) groups is 2. The number of hydrogen-bond acceptors (Lipinski definition) is 2. The van der Waals surface area contributed by atoms with Crippen molar-refractivity contribution < 1.29 is 27.9 Å². The van der Waals surface area contributed by atoms with Crippen molar-refractivity contribution in [2.75, 3.05) is 5.32 Å². The van der Waals surface area contributed by atoms with Gasteiger partial charge in [-0.25, -0.2) is 0 Å². The molecule has 4 nitrogen and oxygen atoms in total. The van der Waals surface area contributed by atoms with Gasteiger partial charge in [0.25, 0.3) is 0 Å². The van der Waals surface area contributed by atoms with Crippen LogP contribution in [0.5, 0.6) is 0 Å². The summed E-state index contributed by atoms with van der Waals surface area (Å²) >= 11 is 0. The molecule has 0 saturated heterocycles. The predicted octanol–water partition coefficient (Wildman–Crippen LogP) is 3.39. The van der Waals surface area contributed by atoms with Crippen LogP contribution in [0.15, 0.2) is 24.3 Å². The zero-order valence-electron chi connectivity index (χ0n) is 12.1. The number of carboxylic acids is 1. The summed E-state index contributed by atoms with van der Waals surface area (Å²) in [5.74, 6) is -2.90. The minimum atomic E-state index is -4.49. The number of halogens is 3. The Morgan fingerprint density at radius 1 is 1.13 bits per heavy atom. The normalized spacial score (nSPS) is 29.5. The van der Waals surface area contributed by atoms with Crippen LogP contribution in [0.4, 0.5) is 18.9 Å². The van der Waals surface area contributed by atoms with E-state index < -0.39 is 35.5 Å². The molecule has 0 radical (unpaired) electrons. The highest BCUT2D eigenvalue weighted by Crippen LogP contribution is 2.52. The van der Waals surface area contributed by atoms with E-state index >= 15 is 0 Å². The molecule has 0 unspecified atom stereocenters. The highest BCUT2D eigenvalue weighted by molar-refractivity contribution is 5.96. The van der Waals surface area contributed by atoms with Gasteiger partial charge in [-0.3, -0.25) is 9.59 Å². The van der Waals surface area contributed by atoms with Crippen LogP contribution >= 0.6 is 0 Å². The van der Waals surface area contributed by atoms with Crippen LogP contribution < -0.4 is 5.32 Å². The molecule has 2 saturated carbocycles. The first-order valence-electron chi connectivity index (χ1n) is 7.48. The monoisotopic (exact) mass is 327 g/mol. The fourth-order valence-electron chi connectivity index (χ4n) is 4.02. The molecular weight excluding hydrogens is 311 g/mol. The lowest BCUT2D eigenvalue weighted by atomic mass is 9.78. The molecule has 0 aliphatic heterocycles. The number of anilines is 1. The molecule has 1 aromatic carbocycles. The molecule has 0 spiro atoms. The number of alkyl halides is 3.